The summed E-state index contributed by atoms with van der Waals surface area (Å²) < 4.78 is 0. The minimum atomic E-state index is -1.23. The second kappa shape index (κ2) is 8.98. The Morgan fingerprint density at radius 2 is 1.20 bits per heavy atom. The molecule has 0 aromatic heterocycles. The van der Waals surface area contributed by atoms with Crippen LogP contribution < -0.4 is 51.4 Å². The van der Waals surface area contributed by atoms with E-state index in [9.17, 15) is 9.59 Å². The zero-order valence-electron chi connectivity index (χ0n) is 9.02. The largest absolute Gasteiger partial charge is 1.00 e. The third-order valence-corrected chi connectivity index (χ3v) is 1.39. The van der Waals surface area contributed by atoms with E-state index in [1.54, 1.807) is 0 Å². The Bertz CT molecular complexity index is 310. The van der Waals surface area contributed by atoms with Crippen LogP contribution in [-0.2, 0) is 0 Å². The van der Waals surface area contributed by atoms with E-state index in [0.717, 1.165) is 0 Å². The maximum atomic E-state index is 10.5. The number of hydrogen-bond donors (Lipinski definition) is 2. The molecule has 0 saturated heterocycles. The molecule has 0 saturated carbocycles. The summed E-state index contributed by atoms with van der Waals surface area (Å²) in [6.45, 7) is 0. The summed E-state index contributed by atoms with van der Waals surface area (Å²) in [5.41, 5.74) is -0.380. The van der Waals surface area contributed by atoms with Crippen LogP contribution in [0.1, 0.15) is 22.1 Å². The Balaban J connectivity index is -0.000000180. The Hall–Kier alpha value is -0.284. The monoisotopic (exact) mass is 242 g/mol. The van der Waals surface area contributed by atoms with Crippen LogP contribution in [0.4, 0.5) is 0 Å². The molecule has 0 unspecified atom stereocenters. The van der Waals surface area contributed by atoms with Gasteiger partial charge in [0.2, 0.25) is 0 Å². The van der Waals surface area contributed by atoms with Crippen LogP contribution in [0.2, 0.25) is 0 Å². The van der Waals surface area contributed by atoms with Crippen LogP contribution >= 0.6 is 0 Å². The summed E-state index contributed by atoms with van der Waals surface area (Å²) in [5.74, 6) is -2.46. The molecule has 0 aliphatic rings. The first-order valence-corrected chi connectivity index (χ1v) is 3.18. The van der Waals surface area contributed by atoms with Gasteiger partial charge >= 0.3 is 63.3 Å². The van der Waals surface area contributed by atoms with Crippen LogP contribution in [0.15, 0.2) is 24.3 Å². The van der Waals surface area contributed by atoms with Gasteiger partial charge in [0.05, 0.1) is 11.1 Å². The van der Waals surface area contributed by atoms with Crippen molar-refractivity contribution in [1.82, 2.24) is 0 Å². The molecule has 0 aliphatic carbocycles. The first-order valence-electron chi connectivity index (χ1n) is 3.18. The topological polar surface area (TPSA) is 138 Å². The van der Waals surface area contributed by atoms with Crippen molar-refractivity contribution in [2.24, 2.45) is 0 Å². The SMILES string of the molecule is O.O.O=C(O)c1ccccc1C(=O)O.[H-].[K+]. The Morgan fingerprint density at radius 1 is 0.933 bits per heavy atom. The Morgan fingerprint density at radius 3 is 1.40 bits per heavy atom. The summed E-state index contributed by atoms with van der Waals surface area (Å²) in [4.78, 5) is 20.9. The molecule has 0 spiro atoms. The van der Waals surface area contributed by atoms with Crippen LogP contribution in [0.3, 0.4) is 0 Å². The predicted molar refractivity (Wildman–Crippen MR) is 48.7 cm³/mol. The second-order valence-corrected chi connectivity index (χ2v) is 2.16. The first kappa shape index (κ1) is 20.2. The molecule has 15 heavy (non-hydrogen) atoms. The minimum absolute atomic E-state index is 0. The molecule has 1 rings (SSSR count). The van der Waals surface area contributed by atoms with Gasteiger partial charge in [-0.15, -0.1) is 0 Å². The zero-order chi connectivity index (χ0) is 9.14. The molecule has 80 valence electrons. The van der Waals surface area contributed by atoms with E-state index in [4.69, 9.17) is 10.2 Å². The standard InChI is InChI=1S/C8H6O4.K.2H2O.H/c9-7(10)5-3-1-2-4-6(5)8(11)12;;;;/h1-4H,(H,9,10)(H,11,12);;2*1H2;/q;+1;;;-1. The van der Waals surface area contributed by atoms with Crippen LogP contribution in [0.5, 0.6) is 0 Å². The van der Waals surface area contributed by atoms with Crippen molar-refractivity contribution in [3.8, 4) is 0 Å². The molecular weight excluding hydrogens is 231 g/mol. The Kier molecular flexibility index (Phi) is 12.1. The first-order chi connectivity index (χ1) is 5.63. The molecule has 0 radical (unpaired) electrons. The van der Waals surface area contributed by atoms with Gasteiger partial charge in [0.25, 0.3) is 0 Å². The van der Waals surface area contributed by atoms with E-state index >= 15 is 0 Å². The number of benzene rings is 1. The molecule has 0 amide bonds. The van der Waals surface area contributed by atoms with E-state index in [1.807, 2.05) is 0 Å². The molecule has 0 fully saturated rings. The van der Waals surface area contributed by atoms with E-state index in [1.165, 1.54) is 24.3 Å². The summed E-state index contributed by atoms with van der Waals surface area (Å²) in [6.07, 6.45) is 0. The number of rotatable bonds is 2. The number of aromatic carboxylic acids is 2. The summed E-state index contributed by atoms with van der Waals surface area (Å²) in [5, 5.41) is 17.1. The van der Waals surface area contributed by atoms with E-state index < -0.39 is 11.9 Å². The molecule has 0 aliphatic heterocycles. The number of carboxylic acids is 2. The average Bonchev–Trinajstić information content (AvgIpc) is 2.04. The fourth-order valence-corrected chi connectivity index (χ4v) is 0.856. The summed E-state index contributed by atoms with van der Waals surface area (Å²) in [6, 6.07) is 5.48. The Labute approximate surface area is 129 Å². The van der Waals surface area contributed by atoms with Gasteiger partial charge in [0.1, 0.15) is 0 Å². The number of carboxylic acid groups (broad SMARTS) is 2. The molecule has 6 N–H and O–H groups in total. The molecule has 0 atom stereocenters. The molecule has 1 aromatic rings. The van der Waals surface area contributed by atoms with Crippen molar-refractivity contribution in [3.05, 3.63) is 35.4 Å². The quantitative estimate of drug-likeness (QED) is 0.521. The van der Waals surface area contributed by atoms with Gasteiger partial charge < -0.3 is 22.6 Å². The van der Waals surface area contributed by atoms with E-state index in [2.05, 4.69) is 0 Å². The van der Waals surface area contributed by atoms with Gasteiger partial charge in [0.15, 0.2) is 0 Å². The van der Waals surface area contributed by atoms with Gasteiger partial charge in [-0.2, -0.15) is 0 Å². The van der Waals surface area contributed by atoms with E-state index in [0.29, 0.717) is 0 Å². The van der Waals surface area contributed by atoms with Crippen molar-refractivity contribution in [2.75, 3.05) is 0 Å². The third kappa shape index (κ3) is 5.38. The number of hydrogen-bond acceptors (Lipinski definition) is 2. The van der Waals surface area contributed by atoms with Gasteiger partial charge in [-0.3, -0.25) is 0 Å². The summed E-state index contributed by atoms with van der Waals surface area (Å²) in [7, 11) is 0. The number of carbonyl (C=O) groups is 2. The normalized spacial score (nSPS) is 7.47. The third-order valence-electron chi connectivity index (χ3n) is 1.39. The molecule has 6 nitrogen and oxygen atoms in total. The van der Waals surface area contributed by atoms with Gasteiger partial charge in [-0.1, -0.05) is 12.1 Å². The van der Waals surface area contributed by atoms with E-state index in [-0.39, 0.29) is 74.9 Å². The minimum Gasteiger partial charge on any atom is -1.00 e. The fourth-order valence-electron chi connectivity index (χ4n) is 0.856. The van der Waals surface area contributed by atoms with Crippen molar-refractivity contribution in [3.63, 3.8) is 0 Å². The van der Waals surface area contributed by atoms with Crippen molar-refractivity contribution < 1.29 is 83.6 Å². The van der Waals surface area contributed by atoms with Crippen LogP contribution in [-0.4, -0.2) is 33.1 Å². The predicted octanol–water partition coefficient (Wildman–Crippen LogP) is -3.45. The van der Waals surface area contributed by atoms with Crippen molar-refractivity contribution in [2.45, 2.75) is 0 Å². The maximum absolute atomic E-state index is 10.5. The van der Waals surface area contributed by atoms with Crippen LogP contribution in [0.25, 0.3) is 0 Å². The molecule has 0 heterocycles. The smallest absolute Gasteiger partial charge is 1.00 e. The van der Waals surface area contributed by atoms with Gasteiger partial charge in [0, 0.05) is 0 Å². The van der Waals surface area contributed by atoms with Crippen LogP contribution in [0, 0.1) is 0 Å². The van der Waals surface area contributed by atoms with Crippen molar-refractivity contribution in [1.29, 1.82) is 0 Å². The average molecular weight is 242 g/mol. The second-order valence-electron chi connectivity index (χ2n) is 2.16. The molecule has 0 bridgehead atoms. The molecular formula is C8H11KO6. The zero-order valence-corrected chi connectivity index (χ0v) is 11.1. The maximum Gasteiger partial charge on any atom is 1.00 e. The molecule has 7 heteroatoms. The van der Waals surface area contributed by atoms with Gasteiger partial charge in [-0.05, 0) is 12.1 Å². The molecule has 1 aromatic carbocycles. The van der Waals surface area contributed by atoms with Gasteiger partial charge in [-0.25, -0.2) is 9.59 Å². The fraction of sp³-hybridized carbons (Fsp3) is 0. The summed E-state index contributed by atoms with van der Waals surface area (Å²) >= 11 is 0. The van der Waals surface area contributed by atoms with Crippen molar-refractivity contribution >= 4 is 11.9 Å².